The van der Waals surface area contributed by atoms with Crippen LogP contribution in [0.4, 0.5) is 0 Å². The van der Waals surface area contributed by atoms with E-state index in [4.69, 9.17) is 0 Å². The Balaban J connectivity index is 2.09. The fraction of sp³-hybridized carbons (Fsp3) is 0.312. The summed E-state index contributed by atoms with van der Waals surface area (Å²) in [5.74, 6) is -0.103. The molecule has 4 nitrogen and oxygen atoms in total. The van der Waals surface area contributed by atoms with Gasteiger partial charge in [0.25, 0.3) is 5.91 Å². The molecule has 0 spiro atoms. The van der Waals surface area contributed by atoms with Gasteiger partial charge in [0.1, 0.15) is 0 Å². The molecule has 0 bridgehead atoms. The number of carbonyl (C=O) groups is 1. The number of benzene rings is 1. The second kappa shape index (κ2) is 7.31. The molecule has 1 heterocycles. The zero-order chi connectivity index (χ0) is 15.2. The lowest BCUT2D eigenvalue weighted by molar-refractivity contribution is 0.0949. The molecule has 0 aliphatic carbocycles. The third-order valence-electron chi connectivity index (χ3n) is 3.17. The third-order valence-corrected chi connectivity index (χ3v) is 3.82. The van der Waals surface area contributed by atoms with Crippen molar-refractivity contribution in [1.29, 1.82) is 0 Å². The van der Waals surface area contributed by atoms with Crippen molar-refractivity contribution in [3.05, 3.63) is 58.4 Å². The lowest BCUT2D eigenvalue weighted by Gasteiger charge is -2.09. The summed E-state index contributed by atoms with van der Waals surface area (Å²) >= 11 is 3.43. The van der Waals surface area contributed by atoms with E-state index in [1.54, 1.807) is 6.07 Å². The van der Waals surface area contributed by atoms with Crippen LogP contribution in [-0.2, 0) is 18.3 Å². The molecule has 2 aromatic rings. The zero-order valence-corrected chi connectivity index (χ0v) is 13.8. The molecule has 0 unspecified atom stereocenters. The van der Waals surface area contributed by atoms with E-state index in [0.717, 1.165) is 22.3 Å². The lowest BCUT2D eigenvalue weighted by atomic mass is 10.1. The monoisotopic (exact) mass is 347 g/mol. The van der Waals surface area contributed by atoms with E-state index in [2.05, 4.69) is 37.5 Å². The van der Waals surface area contributed by atoms with Gasteiger partial charge in [0, 0.05) is 11.9 Å². The van der Waals surface area contributed by atoms with Crippen LogP contribution in [-0.4, -0.2) is 16.1 Å². The minimum absolute atomic E-state index is 0.103. The first-order chi connectivity index (χ1) is 10.1. The van der Waals surface area contributed by atoms with Gasteiger partial charge < -0.3 is 5.32 Å². The SMILES string of the molecule is CCc1nnc(C)cc1C(=O)NCc1cccc(CBr)c1. The predicted molar refractivity (Wildman–Crippen MR) is 86.4 cm³/mol. The van der Waals surface area contributed by atoms with Crippen molar-refractivity contribution in [3.8, 4) is 0 Å². The number of alkyl halides is 1. The lowest BCUT2D eigenvalue weighted by Crippen LogP contribution is -2.25. The van der Waals surface area contributed by atoms with Gasteiger partial charge in [0.05, 0.1) is 17.0 Å². The Morgan fingerprint density at radius 2 is 2.00 bits per heavy atom. The normalized spacial score (nSPS) is 10.4. The van der Waals surface area contributed by atoms with Crippen LogP contribution in [0.15, 0.2) is 30.3 Å². The zero-order valence-electron chi connectivity index (χ0n) is 12.2. The molecule has 0 fully saturated rings. The van der Waals surface area contributed by atoms with Crippen LogP contribution in [0.25, 0.3) is 0 Å². The number of hydrogen-bond donors (Lipinski definition) is 1. The summed E-state index contributed by atoms with van der Waals surface area (Å²) in [7, 11) is 0. The van der Waals surface area contributed by atoms with Gasteiger partial charge in [-0.15, -0.1) is 0 Å². The molecular formula is C16H18BrN3O. The fourth-order valence-electron chi connectivity index (χ4n) is 2.07. The van der Waals surface area contributed by atoms with Gasteiger partial charge >= 0.3 is 0 Å². The average Bonchev–Trinajstić information content (AvgIpc) is 2.52. The van der Waals surface area contributed by atoms with E-state index >= 15 is 0 Å². The average molecular weight is 348 g/mol. The molecule has 110 valence electrons. The molecule has 1 N–H and O–H groups in total. The molecule has 21 heavy (non-hydrogen) atoms. The molecule has 0 saturated heterocycles. The first-order valence-corrected chi connectivity index (χ1v) is 8.01. The molecular weight excluding hydrogens is 330 g/mol. The second-order valence-corrected chi connectivity index (χ2v) is 5.40. The standard InChI is InChI=1S/C16H18BrN3O/c1-3-15-14(7-11(2)19-20-15)16(21)18-10-13-6-4-5-12(8-13)9-17/h4-8H,3,9-10H2,1-2H3,(H,18,21). The van der Waals surface area contributed by atoms with Gasteiger partial charge in [-0.2, -0.15) is 10.2 Å². The molecule has 0 saturated carbocycles. The summed E-state index contributed by atoms with van der Waals surface area (Å²) < 4.78 is 0. The van der Waals surface area contributed by atoms with Gasteiger partial charge in [-0.25, -0.2) is 0 Å². The summed E-state index contributed by atoms with van der Waals surface area (Å²) in [6, 6.07) is 9.91. The number of nitrogens with one attached hydrogen (secondary N) is 1. The first-order valence-electron chi connectivity index (χ1n) is 6.89. The van der Waals surface area contributed by atoms with Crippen molar-refractivity contribution in [1.82, 2.24) is 15.5 Å². The Morgan fingerprint density at radius 3 is 2.71 bits per heavy atom. The number of carbonyl (C=O) groups excluding carboxylic acids is 1. The van der Waals surface area contributed by atoms with Crippen LogP contribution in [0.1, 0.15) is 39.8 Å². The Morgan fingerprint density at radius 1 is 1.24 bits per heavy atom. The topological polar surface area (TPSA) is 54.9 Å². The van der Waals surface area contributed by atoms with Crippen LogP contribution in [0.5, 0.6) is 0 Å². The Bertz CT molecular complexity index is 643. The molecule has 0 aliphatic heterocycles. The number of halogens is 1. The Hall–Kier alpha value is -1.75. The molecule has 0 radical (unpaired) electrons. The van der Waals surface area contributed by atoms with Crippen molar-refractivity contribution in [2.75, 3.05) is 0 Å². The number of aryl methyl sites for hydroxylation is 2. The van der Waals surface area contributed by atoms with Gasteiger partial charge in [-0.1, -0.05) is 47.1 Å². The van der Waals surface area contributed by atoms with Gasteiger partial charge in [0.15, 0.2) is 0 Å². The maximum absolute atomic E-state index is 12.3. The molecule has 0 aliphatic rings. The van der Waals surface area contributed by atoms with Gasteiger partial charge in [-0.3, -0.25) is 4.79 Å². The van der Waals surface area contributed by atoms with E-state index in [1.807, 2.05) is 32.0 Å². The molecule has 2 rings (SSSR count). The van der Waals surface area contributed by atoms with Gasteiger partial charge in [-0.05, 0) is 30.5 Å². The van der Waals surface area contributed by atoms with Crippen LogP contribution in [0.2, 0.25) is 0 Å². The summed E-state index contributed by atoms with van der Waals surface area (Å²) in [5.41, 5.74) is 4.36. The Kier molecular flexibility index (Phi) is 5.44. The Labute approximate surface area is 133 Å². The smallest absolute Gasteiger partial charge is 0.253 e. The number of aromatic nitrogens is 2. The molecule has 1 aromatic carbocycles. The van der Waals surface area contributed by atoms with Crippen LogP contribution < -0.4 is 5.32 Å². The van der Waals surface area contributed by atoms with E-state index in [0.29, 0.717) is 18.5 Å². The minimum atomic E-state index is -0.103. The number of hydrogen-bond acceptors (Lipinski definition) is 3. The third kappa shape index (κ3) is 4.11. The maximum Gasteiger partial charge on any atom is 0.253 e. The van der Waals surface area contributed by atoms with Crippen LogP contribution >= 0.6 is 15.9 Å². The largest absolute Gasteiger partial charge is 0.348 e. The van der Waals surface area contributed by atoms with E-state index in [1.165, 1.54) is 5.56 Å². The van der Waals surface area contributed by atoms with Gasteiger partial charge in [0.2, 0.25) is 0 Å². The van der Waals surface area contributed by atoms with Crippen molar-refractivity contribution in [2.24, 2.45) is 0 Å². The van der Waals surface area contributed by atoms with Crippen molar-refractivity contribution in [2.45, 2.75) is 32.1 Å². The summed E-state index contributed by atoms with van der Waals surface area (Å²) in [4.78, 5) is 12.3. The fourth-order valence-corrected chi connectivity index (χ4v) is 2.42. The van der Waals surface area contributed by atoms with Crippen LogP contribution in [0.3, 0.4) is 0 Å². The molecule has 5 heteroatoms. The molecule has 1 aromatic heterocycles. The quantitative estimate of drug-likeness (QED) is 0.845. The van der Waals surface area contributed by atoms with Crippen molar-refractivity contribution < 1.29 is 4.79 Å². The van der Waals surface area contributed by atoms with E-state index in [9.17, 15) is 4.79 Å². The van der Waals surface area contributed by atoms with E-state index < -0.39 is 0 Å². The summed E-state index contributed by atoms with van der Waals surface area (Å²) in [6.45, 7) is 4.31. The highest BCUT2D eigenvalue weighted by Gasteiger charge is 2.12. The summed E-state index contributed by atoms with van der Waals surface area (Å²) in [6.07, 6.45) is 0.690. The summed E-state index contributed by atoms with van der Waals surface area (Å²) in [5, 5.41) is 11.8. The van der Waals surface area contributed by atoms with Crippen molar-refractivity contribution >= 4 is 21.8 Å². The number of nitrogens with zero attached hydrogens (tertiary/aromatic N) is 2. The maximum atomic E-state index is 12.3. The highest BCUT2D eigenvalue weighted by Crippen LogP contribution is 2.10. The number of amides is 1. The van der Waals surface area contributed by atoms with E-state index in [-0.39, 0.29) is 5.91 Å². The molecule has 0 atom stereocenters. The highest BCUT2D eigenvalue weighted by atomic mass is 79.9. The second-order valence-electron chi connectivity index (χ2n) is 4.84. The number of rotatable bonds is 5. The van der Waals surface area contributed by atoms with Crippen molar-refractivity contribution in [3.63, 3.8) is 0 Å². The molecule has 1 amide bonds. The predicted octanol–water partition coefficient (Wildman–Crippen LogP) is 3.17. The highest BCUT2D eigenvalue weighted by molar-refractivity contribution is 9.08. The minimum Gasteiger partial charge on any atom is -0.348 e. The first kappa shape index (κ1) is 15.6. The van der Waals surface area contributed by atoms with Crippen LogP contribution in [0, 0.1) is 6.92 Å².